The highest BCUT2D eigenvalue weighted by Crippen LogP contribution is 2.33. The first kappa shape index (κ1) is 20.8. The number of thiazole rings is 1. The number of hydrogen-bond acceptors (Lipinski definition) is 7. The molecule has 0 saturated carbocycles. The number of para-hydroxylation sites is 1. The summed E-state index contributed by atoms with van der Waals surface area (Å²) in [6.07, 6.45) is 3.35. The van der Waals surface area contributed by atoms with E-state index in [-0.39, 0.29) is 12.1 Å². The van der Waals surface area contributed by atoms with Crippen LogP contribution in [0.25, 0.3) is 21.2 Å². The second-order valence-corrected chi connectivity index (χ2v) is 8.31. The highest BCUT2D eigenvalue weighted by molar-refractivity contribution is 7.22. The Hall–Kier alpha value is -4.04. The van der Waals surface area contributed by atoms with Crippen LogP contribution in [0.1, 0.15) is 22.8 Å². The van der Waals surface area contributed by atoms with Gasteiger partial charge in [0, 0.05) is 17.8 Å². The van der Waals surface area contributed by atoms with E-state index >= 15 is 0 Å². The van der Waals surface area contributed by atoms with Crippen LogP contribution in [-0.4, -0.2) is 22.5 Å². The van der Waals surface area contributed by atoms with Gasteiger partial charge in [0.2, 0.25) is 0 Å². The number of anilines is 1. The molecule has 164 valence electrons. The number of fused-ring (bicyclic) bond motifs is 2. The molecule has 3 aromatic heterocycles. The van der Waals surface area contributed by atoms with Gasteiger partial charge in [0.25, 0.3) is 5.91 Å². The SMILES string of the molecule is CCOc1ccc2nc(N(Cc3cccnc3)C(=O)c3cc4ccccc4oc3=O)sc2c1. The van der Waals surface area contributed by atoms with E-state index < -0.39 is 11.5 Å². The van der Waals surface area contributed by atoms with Gasteiger partial charge in [-0.3, -0.25) is 14.7 Å². The molecular formula is C25H19N3O4S. The largest absolute Gasteiger partial charge is 0.494 e. The molecule has 0 bridgehead atoms. The minimum Gasteiger partial charge on any atom is -0.494 e. The molecule has 0 aliphatic carbocycles. The predicted molar refractivity (Wildman–Crippen MR) is 128 cm³/mol. The van der Waals surface area contributed by atoms with Gasteiger partial charge in [-0.05, 0) is 48.9 Å². The molecule has 0 N–H and O–H groups in total. The van der Waals surface area contributed by atoms with Gasteiger partial charge in [-0.1, -0.05) is 35.6 Å². The summed E-state index contributed by atoms with van der Waals surface area (Å²) in [5, 5.41) is 1.15. The molecule has 5 aromatic rings. The number of benzene rings is 2. The Balaban J connectivity index is 1.60. The first-order chi connectivity index (χ1) is 16.1. The molecule has 7 nitrogen and oxygen atoms in total. The predicted octanol–water partition coefficient (Wildman–Crippen LogP) is 5.04. The van der Waals surface area contributed by atoms with Crippen molar-refractivity contribution >= 4 is 43.6 Å². The third kappa shape index (κ3) is 4.20. The fraction of sp³-hybridized carbons (Fsp3) is 0.120. The fourth-order valence-corrected chi connectivity index (χ4v) is 4.51. The molecule has 0 aliphatic rings. The molecule has 5 rings (SSSR count). The highest BCUT2D eigenvalue weighted by Gasteiger charge is 2.25. The van der Waals surface area contributed by atoms with Crippen molar-refractivity contribution in [1.82, 2.24) is 9.97 Å². The van der Waals surface area contributed by atoms with Crippen molar-refractivity contribution < 1.29 is 13.9 Å². The number of nitrogens with zero attached hydrogens (tertiary/aromatic N) is 3. The zero-order chi connectivity index (χ0) is 22.8. The molecular weight excluding hydrogens is 438 g/mol. The van der Waals surface area contributed by atoms with E-state index in [1.165, 1.54) is 16.2 Å². The van der Waals surface area contributed by atoms with E-state index in [0.29, 0.717) is 22.7 Å². The number of rotatable bonds is 6. The summed E-state index contributed by atoms with van der Waals surface area (Å²) in [5.41, 5.74) is 1.25. The molecule has 8 heteroatoms. The maximum atomic E-state index is 13.6. The van der Waals surface area contributed by atoms with Gasteiger partial charge < -0.3 is 9.15 Å². The van der Waals surface area contributed by atoms with Gasteiger partial charge in [0.15, 0.2) is 5.13 Å². The standard InChI is InChI=1S/C25H19N3O4S/c1-2-31-18-9-10-20-22(13-18)33-25(27-20)28(15-16-6-5-11-26-14-16)23(29)19-12-17-7-3-4-8-21(17)32-24(19)30/h3-14H,2,15H2,1H3. The van der Waals surface area contributed by atoms with Crippen LogP contribution in [0.5, 0.6) is 5.75 Å². The Morgan fingerprint density at radius 3 is 2.82 bits per heavy atom. The molecule has 0 spiro atoms. The van der Waals surface area contributed by atoms with Crippen LogP contribution in [0.2, 0.25) is 0 Å². The maximum absolute atomic E-state index is 13.6. The summed E-state index contributed by atoms with van der Waals surface area (Å²) >= 11 is 1.36. The molecule has 0 atom stereocenters. The molecule has 0 saturated heterocycles. The molecule has 3 heterocycles. The molecule has 0 fully saturated rings. The smallest absolute Gasteiger partial charge is 0.349 e. The van der Waals surface area contributed by atoms with Crippen LogP contribution >= 0.6 is 11.3 Å². The summed E-state index contributed by atoms with van der Waals surface area (Å²) in [4.78, 5) is 36.6. The number of carbonyl (C=O) groups excluding carboxylic acids is 1. The van der Waals surface area contributed by atoms with Crippen LogP contribution in [0.15, 0.2) is 82.3 Å². The van der Waals surface area contributed by atoms with Crippen molar-refractivity contribution in [2.24, 2.45) is 0 Å². The van der Waals surface area contributed by atoms with Crippen LogP contribution in [0, 0.1) is 0 Å². The topological polar surface area (TPSA) is 85.5 Å². The van der Waals surface area contributed by atoms with Gasteiger partial charge in [-0.15, -0.1) is 0 Å². The lowest BCUT2D eigenvalue weighted by molar-refractivity contribution is 0.0981. The number of pyridine rings is 1. The minimum atomic E-state index is -0.686. The van der Waals surface area contributed by atoms with E-state index in [1.807, 2.05) is 37.3 Å². The Bertz CT molecular complexity index is 1510. The van der Waals surface area contributed by atoms with Gasteiger partial charge in [-0.25, -0.2) is 9.78 Å². The maximum Gasteiger partial charge on any atom is 0.349 e. The minimum absolute atomic E-state index is 0.0492. The zero-order valence-corrected chi connectivity index (χ0v) is 18.5. The van der Waals surface area contributed by atoms with E-state index in [1.54, 1.807) is 42.7 Å². The number of aromatic nitrogens is 2. The number of amides is 1. The summed E-state index contributed by atoms with van der Waals surface area (Å²) < 4.78 is 11.9. The Kier molecular flexibility index (Phi) is 5.58. The van der Waals surface area contributed by atoms with Crippen molar-refractivity contribution in [3.63, 3.8) is 0 Å². The van der Waals surface area contributed by atoms with Crippen molar-refractivity contribution in [1.29, 1.82) is 0 Å². The first-order valence-electron chi connectivity index (χ1n) is 10.4. The molecule has 0 unspecified atom stereocenters. The Morgan fingerprint density at radius 1 is 1.12 bits per heavy atom. The van der Waals surface area contributed by atoms with E-state index in [0.717, 1.165) is 21.5 Å². The van der Waals surface area contributed by atoms with Crippen molar-refractivity contribution in [3.8, 4) is 5.75 Å². The summed E-state index contributed by atoms with van der Waals surface area (Å²) in [5.74, 6) is 0.253. The number of hydrogen-bond donors (Lipinski definition) is 0. The van der Waals surface area contributed by atoms with Gasteiger partial charge >= 0.3 is 5.63 Å². The zero-order valence-electron chi connectivity index (χ0n) is 17.7. The number of carbonyl (C=O) groups is 1. The second-order valence-electron chi connectivity index (χ2n) is 7.30. The third-order valence-electron chi connectivity index (χ3n) is 5.07. The molecule has 0 aliphatic heterocycles. The van der Waals surface area contributed by atoms with Gasteiger partial charge in [0.1, 0.15) is 16.9 Å². The second kappa shape index (κ2) is 8.84. The average Bonchev–Trinajstić information content (AvgIpc) is 3.25. The van der Waals surface area contributed by atoms with Crippen molar-refractivity contribution in [2.45, 2.75) is 13.5 Å². The quantitative estimate of drug-likeness (QED) is 0.332. The molecule has 33 heavy (non-hydrogen) atoms. The van der Waals surface area contributed by atoms with E-state index in [2.05, 4.69) is 9.97 Å². The van der Waals surface area contributed by atoms with E-state index in [4.69, 9.17) is 9.15 Å². The Morgan fingerprint density at radius 2 is 2.00 bits per heavy atom. The molecule has 1 amide bonds. The van der Waals surface area contributed by atoms with E-state index in [9.17, 15) is 9.59 Å². The number of ether oxygens (including phenoxy) is 1. The van der Waals surface area contributed by atoms with Crippen LogP contribution in [0.4, 0.5) is 5.13 Å². The first-order valence-corrected chi connectivity index (χ1v) is 11.2. The Labute approximate surface area is 192 Å². The monoisotopic (exact) mass is 457 g/mol. The lowest BCUT2D eigenvalue weighted by atomic mass is 10.1. The van der Waals surface area contributed by atoms with Crippen LogP contribution in [-0.2, 0) is 6.54 Å². The molecule has 2 aromatic carbocycles. The van der Waals surface area contributed by atoms with Gasteiger partial charge in [-0.2, -0.15) is 0 Å². The highest BCUT2D eigenvalue weighted by atomic mass is 32.1. The molecule has 0 radical (unpaired) electrons. The van der Waals surface area contributed by atoms with Crippen molar-refractivity contribution in [2.75, 3.05) is 11.5 Å². The summed E-state index contributed by atoms with van der Waals surface area (Å²) in [6.45, 7) is 2.68. The van der Waals surface area contributed by atoms with Crippen LogP contribution in [0.3, 0.4) is 0 Å². The fourth-order valence-electron chi connectivity index (χ4n) is 3.52. The third-order valence-corrected chi connectivity index (χ3v) is 6.11. The normalized spacial score (nSPS) is 11.1. The summed E-state index contributed by atoms with van der Waals surface area (Å²) in [6, 6.07) is 17.9. The average molecular weight is 458 g/mol. The summed E-state index contributed by atoms with van der Waals surface area (Å²) in [7, 11) is 0. The lowest BCUT2D eigenvalue weighted by Gasteiger charge is -2.19. The van der Waals surface area contributed by atoms with Gasteiger partial charge in [0.05, 0.1) is 23.4 Å². The van der Waals surface area contributed by atoms with Crippen molar-refractivity contribution in [3.05, 3.63) is 94.6 Å². The lowest BCUT2D eigenvalue weighted by Crippen LogP contribution is -2.33. The van der Waals surface area contributed by atoms with Crippen LogP contribution < -0.4 is 15.3 Å².